The van der Waals surface area contributed by atoms with Crippen LogP contribution in [0.2, 0.25) is 0 Å². The second-order valence-electron chi connectivity index (χ2n) is 7.41. The van der Waals surface area contributed by atoms with Gasteiger partial charge in [-0.1, -0.05) is 6.92 Å². The standard InChI is InChI=1S/C18H25N3O4S/c1-11-5-6-12-13(9-11)26-17-15(12)16(24)21(10-14(22)23)18(25)20(17)8-4-7-19(2)3/h11H,4-10H2,1-3H3,(H,22,23). The molecule has 0 radical (unpaired) electrons. The summed E-state index contributed by atoms with van der Waals surface area (Å²) in [6.45, 7) is 2.89. The predicted octanol–water partition coefficient (Wildman–Crippen LogP) is 1.39. The zero-order valence-electron chi connectivity index (χ0n) is 15.4. The van der Waals surface area contributed by atoms with Crippen molar-refractivity contribution in [3.8, 4) is 0 Å². The van der Waals surface area contributed by atoms with Gasteiger partial charge >= 0.3 is 11.7 Å². The van der Waals surface area contributed by atoms with Crippen LogP contribution in [0.15, 0.2) is 9.59 Å². The molecule has 1 aliphatic carbocycles. The van der Waals surface area contributed by atoms with Crippen molar-refractivity contribution in [2.45, 2.75) is 45.7 Å². The van der Waals surface area contributed by atoms with Gasteiger partial charge in [0.2, 0.25) is 0 Å². The maximum Gasteiger partial charge on any atom is 0.332 e. The largest absolute Gasteiger partial charge is 0.480 e. The van der Waals surface area contributed by atoms with Crippen molar-refractivity contribution in [3.05, 3.63) is 31.3 Å². The number of hydrogen-bond acceptors (Lipinski definition) is 5. The highest BCUT2D eigenvalue weighted by Gasteiger charge is 2.26. The number of carbonyl (C=O) groups is 1. The highest BCUT2D eigenvalue weighted by molar-refractivity contribution is 7.18. The number of aliphatic carboxylic acids is 1. The Morgan fingerprint density at radius 3 is 2.69 bits per heavy atom. The van der Waals surface area contributed by atoms with Gasteiger partial charge in [0, 0.05) is 11.4 Å². The summed E-state index contributed by atoms with van der Waals surface area (Å²) in [5.41, 5.74) is 0.0483. The van der Waals surface area contributed by atoms with Gasteiger partial charge < -0.3 is 10.0 Å². The normalized spacial score (nSPS) is 17.0. The summed E-state index contributed by atoms with van der Waals surface area (Å²) in [6.07, 6.45) is 3.50. The van der Waals surface area contributed by atoms with E-state index in [-0.39, 0.29) is 0 Å². The lowest BCUT2D eigenvalue weighted by Gasteiger charge is -2.17. The van der Waals surface area contributed by atoms with Gasteiger partial charge in [-0.05, 0) is 57.8 Å². The van der Waals surface area contributed by atoms with Gasteiger partial charge in [0.1, 0.15) is 11.4 Å². The topological polar surface area (TPSA) is 84.5 Å². The summed E-state index contributed by atoms with van der Waals surface area (Å²) >= 11 is 1.53. The fourth-order valence-corrected chi connectivity index (χ4v) is 5.14. The first-order valence-corrected chi connectivity index (χ1v) is 9.75. The number of aromatic nitrogens is 2. The van der Waals surface area contributed by atoms with Crippen molar-refractivity contribution >= 4 is 27.5 Å². The number of rotatable bonds is 6. The summed E-state index contributed by atoms with van der Waals surface area (Å²) in [7, 11) is 3.93. The predicted molar refractivity (Wildman–Crippen MR) is 102 cm³/mol. The van der Waals surface area contributed by atoms with Crippen molar-refractivity contribution < 1.29 is 9.90 Å². The summed E-state index contributed by atoms with van der Waals surface area (Å²) in [6, 6.07) is 0. The molecule has 2 aromatic rings. The molecule has 0 fully saturated rings. The summed E-state index contributed by atoms with van der Waals surface area (Å²) in [5, 5.41) is 9.70. The molecule has 2 aromatic heterocycles. The minimum atomic E-state index is -1.18. The molecule has 0 aromatic carbocycles. The van der Waals surface area contributed by atoms with Crippen LogP contribution in [0.1, 0.15) is 30.2 Å². The molecule has 0 saturated heterocycles. The van der Waals surface area contributed by atoms with Gasteiger partial charge in [-0.25, -0.2) is 9.36 Å². The van der Waals surface area contributed by atoms with Crippen LogP contribution in [0.25, 0.3) is 10.2 Å². The van der Waals surface area contributed by atoms with Crippen LogP contribution in [0.5, 0.6) is 0 Å². The molecule has 1 N–H and O–H groups in total. The maximum absolute atomic E-state index is 12.9. The first-order valence-electron chi connectivity index (χ1n) is 8.94. The maximum atomic E-state index is 12.9. The Balaban J connectivity index is 2.20. The summed E-state index contributed by atoms with van der Waals surface area (Å²) in [5.74, 6) is -0.619. The third-order valence-electron chi connectivity index (χ3n) is 4.94. The van der Waals surface area contributed by atoms with Gasteiger partial charge in [-0.3, -0.25) is 14.2 Å². The second-order valence-corrected chi connectivity index (χ2v) is 8.49. The molecule has 1 unspecified atom stereocenters. The SMILES string of the molecule is CC1CCc2c(sc3c2c(=O)n(CC(=O)O)c(=O)n3CCCN(C)C)C1. The Morgan fingerprint density at radius 1 is 1.31 bits per heavy atom. The van der Waals surface area contributed by atoms with Crippen LogP contribution < -0.4 is 11.2 Å². The van der Waals surface area contributed by atoms with Crippen LogP contribution in [0.3, 0.4) is 0 Å². The molecule has 0 aliphatic heterocycles. The molecule has 1 atom stereocenters. The van der Waals surface area contributed by atoms with Crippen LogP contribution in [0.4, 0.5) is 0 Å². The van der Waals surface area contributed by atoms with Crippen molar-refractivity contribution in [2.24, 2.45) is 5.92 Å². The lowest BCUT2D eigenvalue weighted by molar-refractivity contribution is -0.137. The first kappa shape index (κ1) is 18.8. The van der Waals surface area contributed by atoms with Crippen LogP contribution in [-0.2, 0) is 30.7 Å². The highest BCUT2D eigenvalue weighted by atomic mass is 32.1. The quantitative estimate of drug-likeness (QED) is 0.820. The van der Waals surface area contributed by atoms with Gasteiger partial charge in [0.15, 0.2) is 0 Å². The lowest BCUT2D eigenvalue weighted by atomic mass is 9.89. The van der Waals surface area contributed by atoms with Crippen LogP contribution in [-0.4, -0.2) is 45.8 Å². The zero-order valence-corrected chi connectivity index (χ0v) is 16.3. The van der Waals surface area contributed by atoms with E-state index in [0.29, 0.717) is 22.7 Å². The molecular weight excluding hydrogens is 354 g/mol. The smallest absolute Gasteiger partial charge is 0.332 e. The zero-order chi connectivity index (χ0) is 19.0. The molecule has 0 bridgehead atoms. The Kier molecular flexibility index (Phi) is 5.34. The Morgan fingerprint density at radius 2 is 2.04 bits per heavy atom. The average Bonchev–Trinajstić information content (AvgIpc) is 2.92. The number of fused-ring (bicyclic) bond motifs is 3. The number of hydrogen-bond donors (Lipinski definition) is 1. The van der Waals surface area contributed by atoms with E-state index in [4.69, 9.17) is 5.11 Å². The van der Waals surface area contributed by atoms with E-state index in [1.807, 2.05) is 19.0 Å². The molecule has 0 amide bonds. The monoisotopic (exact) mass is 379 g/mol. The molecular formula is C18H25N3O4S. The molecule has 8 heteroatoms. The van der Waals surface area contributed by atoms with E-state index in [2.05, 4.69) is 6.92 Å². The number of nitrogens with zero attached hydrogens (tertiary/aromatic N) is 3. The second kappa shape index (κ2) is 7.36. The van der Waals surface area contributed by atoms with Gasteiger partial charge in [-0.2, -0.15) is 0 Å². The van der Waals surface area contributed by atoms with E-state index in [0.717, 1.165) is 42.4 Å². The minimum Gasteiger partial charge on any atom is -0.480 e. The van der Waals surface area contributed by atoms with Gasteiger partial charge in [-0.15, -0.1) is 11.3 Å². The van der Waals surface area contributed by atoms with Crippen molar-refractivity contribution in [3.63, 3.8) is 0 Å². The Hall–Kier alpha value is -1.93. The molecule has 26 heavy (non-hydrogen) atoms. The number of aryl methyl sites for hydroxylation is 2. The number of carboxylic acids is 1. The van der Waals surface area contributed by atoms with Gasteiger partial charge in [0.25, 0.3) is 5.56 Å². The van der Waals surface area contributed by atoms with Crippen molar-refractivity contribution in [1.29, 1.82) is 0 Å². The molecule has 0 saturated carbocycles. The molecule has 3 rings (SSSR count). The lowest BCUT2D eigenvalue weighted by Crippen LogP contribution is -2.41. The van der Waals surface area contributed by atoms with Gasteiger partial charge in [0.05, 0.1) is 5.39 Å². The average molecular weight is 379 g/mol. The third-order valence-corrected chi connectivity index (χ3v) is 6.22. The molecule has 1 aliphatic rings. The summed E-state index contributed by atoms with van der Waals surface area (Å²) < 4.78 is 2.49. The minimum absolute atomic E-state index is 0.455. The number of carboxylic acid groups (broad SMARTS) is 1. The van der Waals surface area contributed by atoms with E-state index < -0.39 is 23.8 Å². The van der Waals surface area contributed by atoms with E-state index in [1.54, 1.807) is 4.57 Å². The fraction of sp³-hybridized carbons (Fsp3) is 0.611. The number of thiophene rings is 1. The molecule has 7 nitrogen and oxygen atoms in total. The molecule has 0 spiro atoms. The highest BCUT2D eigenvalue weighted by Crippen LogP contribution is 2.36. The van der Waals surface area contributed by atoms with Crippen LogP contribution in [0, 0.1) is 5.92 Å². The summed E-state index contributed by atoms with van der Waals surface area (Å²) in [4.78, 5) is 40.9. The fourth-order valence-electron chi connectivity index (χ4n) is 3.62. The third kappa shape index (κ3) is 3.48. The first-order chi connectivity index (χ1) is 12.3. The van der Waals surface area contributed by atoms with Crippen molar-refractivity contribution in [1.82, 2.24) is 14.0 Å². The van der Waals surface area contributed by atoms with Crippen molar-refractivity contribution in [2.75, 3.05) is 20.6 Å². The Bertz CT molecular complexity index is 954. The van der Waals surface area contributed by atoms with E-state index >= 15 is 0 Å². The van der Waals surface area contributed by atoms with Crippen LogP contribution >= 0.6 is 11.3 Å². The van der Waals surface area contributed by atoms with E-state index in [1.165, 1.54) is 16.2 Å². The Labute approximate surface area is 155 Å². The molecule has 142 valence electrons. The van der Waals surface area contributed by atoms with E-state index in [9.17, 15) is 14.4 Å². The molecule has 2 heterocycles.